The van der Waals surface area contributed by atoms with E-state index in [1.807, 2.05) is 24.3 Å². The molecular weight excluding hydrogens is 556 g/mol. The Balaban J connectivity index is 1.48. The molecule has 0 saturated carbocycles. The zero-order chi connectivity index (χ0) is 30.5. The molecule has 0 fully saturated rings. The highest BCUT2D eigenvalue weighted by molar-refractivity contribution is 6.38. The van der Waals surface area contributed by atoms with E-state index in [0.717, 1.165) is 34.1 Å². The van der Waals surface area contributed by atoms with Crippen LogP contribution < -0.4 is 10.6 Å². The van der Waals surface area contributed by atoms with E-state index in [2.05, 4.69) is 10.6 Å². The summed E-state index contributed by atoms with van der Waals surface area (Å²) >= 11 is 0. The molecule has 0 unspecified atom stereocenters. The van der Waals surface area contributed by atoms with Crippen LogP contribution in [0.4, 0.5) is 11.4 Å². The van der Waals surface area contributed by atoms with Gasteiger partial charge in [-0.05, 0) is 93.0 Å². The Hall–Kier alpha value is -6.28. The van der Waals surface area contributed by atoms with Crippen molar-refractivity contribution in [1.29, 1.82) is 0 Å². The van der Waals surface area contributed by atoms with Gasteiger partial charge < -0.3 is 20.8 Å². The standard InChI is InChI=1S/C36H22N2O6/c39-17-19-1-11-25-27-13-16-30(36(44)38-22-5-9-24(42)10-6-22)32-20(18-40)2-12-26(34(27)32)28-14-15-29(31(19)33(25)28)35(43)37-21-3-7-23(41)8-4-21/h1-18,41-42H,(H,37,43)(H,38,44). The fourth-order valence-corrected chi connectivity index (χ4v) is 6.00. The van der Waals surface area contributed by atoms with E-state index in [4.69, 9.17) is 0 Å². The van der Waals surface area contributed by atoms with Gasteiger partial charge in [-0.1, -0.05) is 36.4 Å². The molecule has 7 aromatic carbocycles. The first-order chi connectivity index (χ1) is 21.4. The number of hydrogen-bond acceptors (Lipinski definition) is 6. The first-order valence-corrected chi connectivity index (χ1v) is 13.7. The van der Waals surface area contributed by atoms with Crippen molar-refractivity contribution in [2.24, 2.45) is 0 Å². The maximum atomic E-state index is 13.5. The van der Waals surface area contributed by atoms with Gasteiger partial charge in [0.2, 0.25) is 0 Å². The van der Waals surface area contributed by atoms with Gasteiger partial charge in [0, 0.05) is 44.4 Å². The predicted molar refractivity (Wildman–Crippen MR) is 171 cm³/mol. The van der Waals surface area contributed by atoms with E-state index in [1.165, 1.54) is 24.3 Å². The highest BCUT2D eigenvalue weighted by Crippen LogP contribution is 2.43. The number of aldehydes is 2. The van der Waals surface area contributed by atoms with Gasteiger partial charge in [-0.25, -0.2) is 0 Å². The zero-order valence-electron chi connectivity index (χ0n) is 22.9. The van der Waals surface area contributed by atoms with Crippen LogP contribution in [0.3, 0.4) is 0 Å². The number of benzene rings is 7. The van der Waals surface area contributed by atoms with Gasteiger partial charge in [0.05, 0.1) is 0 Å². The lowest BCUT2D eigenvalue weighted by Crippen LogP contribution is -2.14. The minimum atomic E-state index is -0.420. The summed E-state index contributed by atoms with van der Waals surface area (Å²) in [6.07, 6.45) is 1.44. The molecule has 0 aliphatic heterocycles. The van der Waals surface area contributed by atoms with Crippen molar-refractivity contribution >= 4 is 78.9 Å². The first kappa shape index (κ1) is 26.6. The molecule has 0 aliphatic rings. The monoisotopic (exact) mass is 578 g/mol. The number of carbonyl (C=O) groups is 4. The Kier molecular flexibility index (Phi) is 6.18. The summed E-state index contributed by atoms with van der Waals surface area (Å²) in [5.41, 5.74) is 2.25. The number of phenols is 2. The van der Waals surface area contributed by atoms with Crippen molar-refractivity contribution < 1.29 is 29.4 Å². The van der Waals surface area contributed by atoms with Gasteiger partial charge in [-0.15, -0.1) is 0 Å². The van der Waals surface area contributed by atoms with Crippen LogP contribution >= 0.6 is 0 Å². The van der Waals surface area contributed by atoms with Crippen molar-refractivity contribution in [2.45, 2.75) is 0 Å². The van der Waals surface area contributed by atoms with Crippen molar-refractivity contribution in [3.63, 3.8) is 0 Å². The Labute approximate surface area is 249 Å². The SMILES string of the molecule is O=Cc1ccc2c3ccc(C(=O)Nc4ccc(O)cc4)c4c(C=O)ccc(c5ccc(C(=O)Nc6ccc(O)cc6)c1c25)c43. The number of anilines is 2. The van der Waals surface area contributed by atoms with Gasteiger partial charge in [0.1, 0.15) is 11.5 Å². The van der Waals surface area contributed by atoms with Crippen LogP contribution in [0.1, 0.15) is 41.4 Å². The molecule has 0 aromatic heterocycles. The molecule has 4 N–H and O–H groups in total. The molecule has 0 aliphatic carbocycles. The topological polar surface area (TPSA) is 133 Å². The molecule has 8 heteroatoms. The van der Waals surface area contributed by atoms with Gasteiger partial charge >= 0.3 is 0 Å². The van der Waals surface area contributed by atoms with E-state index in [-0.39, 0.29) is 11.5 Å². The highest BCUT2D eigenvalue weighted by atomic mass is 16.3. The molecule has 0 heterocycles. The van der Waals surface area contributed by atoms with E-state index >= 15 is 0 Å². The molecule has 8 nitrogen and oxygen atoms in total. The molecule has 44 heavy (non-hydrogen) atoms. The molecule has 7 aromatic rings. The maximum absolute atomic E-state index is 13.5. The van der Waals surface area contributed by atoms with Gasteiger partial charge in [0.15, 0.2) is 12.6 Å². The van der Waals surface area contributed by atoms with E-state index in [9.17, 15) is 29.4 Å². The van der Waals surface area contributed by atoms with E-state index < -0.39 is 11.8 Å². The van der Waals surface area contributed by atoms with Crippen LogP contribution in [0.5, 0.6) is 11.5 Å². The number of hydrogen-bond donors (Lipinski definition) is 4. The third kappa shape index (κ3) is 4.16. The fraction of sp³-hybridized carbons (Fsp3) is 0. The van der Waals surface area contributed by atoms with Crippen LogP contribution in [0.2, 0.25) is 0 Å². The third-order valence-corrected chi connectivity index (χ3v) is 7.96. The van der Waals surface area contributed by atoms with Crippen LogP contribution in [0.25, 0.3) is 43.1 Å². The third-order valence-electron chi connectivity index (χ3n) is 7.96. The van der Waals surface area contributed by atoms with Gasteiger partial charge in [-0.3, -0.25) is 19.2 Å². The summed E-state index contributed by atoms with van der Waals surface area (Å²) in [5.74, 6) is -0.703. The van der Waals surface area contributed by atoms with Crippen LogP contribution in [0.15, 0.2) is 97.1 Å². The maximum Gasteiger partial charge on any atom is 0.256 e. The van der Waals surface area contributed by atoms with Crippen molar-refractivity contribution in [2.75, 3.05) is 10.6 Å². The second kappa shape index (κ2) is 10.2. The number of amides is 2. The smallest absolute Gasteiger partial charge is 0.256 e. The van der Waals surface area contributed by atoms with E-state index in [1.54, 1.807) is 48.5 Å². The number of aromatic hydroxyl groups is 2. The molecule has 0 bridgehead atoms. The lowest BCUT2D eigenvalue weighted by Gasteiger charge is -2.19. The molecule has 212 valence electrons. The van der Waals surface area contributed by atoms with Crippen LogP contribution in [-0.2, 0) is 0 Å². The number of rotatable bonds is 6. The summed E-state index contributed by atoms with van der Waals surface area (Å²) in [6, 6.07) is 26.1. The normalized spacial score (nSPS) is 11.3. The molecular formula is C36H22N2O6. The number of fused-ring (bicyclic) bond motifs is 2. The lowest BCUT2D eigenvalue weighted by atomic mass is 9.84. The Morgan fingerprint density at radius 1 is 0.455 bits per heavy atom. The molecule has 0 spiro atoms. The minimum absolute atomic E-state index is 0.0689. The number of nitrogens with one attached hydrogen (secondary N) is 2. The number of carbonyl (C=O) groups excluding carboxylic acids is 4. The zero-order valence-corrected chi connectivity index (χ0v) is 22.9. The molecule has 0 atom stereocenters. The largest absolute Gasteiger partial charge is 0.508 e. The van der Waals surface area contributed by atoms with Crippen molar-refractivity contribution in [1.82, 2.24) is 0 Å². The molecule has 2 amide bonds. The summed E-state index contributed by atoms with van der Waals surface area (Å²) in [5, 5.41) is 30.3. The van der Waals surface area contributed by atoms with Crippen LogP contribution in [0, 0.1) is 0 Å². The quantitative estimate of drug-likeness (QED) is 0.0710. The summed E-state index contributed by atoms with van der Waals surface area (Å²) in [6.45, 7) is 0. The Bertz CT molecular complexity index is 2120. The molecule has 0 saturated heterocycles. The molecule has 0 radical (unpaired) electrons. The Morgan fingerprint density at radius 3 is 1.14 bits per heavy atom. The summed E-state index contributed by atoms with van der Waals surface area (Å²) < 4.78 is 0. The average molecular weight is 579 g/mol. The average Bonchev–Trinajstić information content (AvgIpc) is 3.04. The van der Waals surface area contributed by atoms with Gasteiger partial charge in [0.25, 0.3) is 11.8 Å². The van der Waals surface area contributed by atoms with Crippen molar-refractivity contribution in [3.05, 3.63) is 119 Å². The van der Waals surface area contributed by atoms with E-state index in [0.29, 0.717) is 55.2 Å². The van der Waals surface area contributed by atoms with Crippen LogP contribution in [-0.4, -0.2) is 34.6 Å². The fourth-order valence-electron chi connectivity index (χ4n) is 6.00. The Morgan fingerprint density at radius 2 is 0.795 bits per heavy atom. The number of phenolic OH excluding ortho intramolecular Hbond substituents is 2. The highest BCUT2D eigenvalue weighted by Gasteiger charge is 2.23. The molecule has 7 rings (SSSR count). The minimum Gasteiger partial charge on any atom is -0.508 e. The second-order valence-electron chi connectivity index (χ2n) is 10.5. The lowest BCUT2D eigenvalue weighted by molar-refractivity contribution is 0.102. The predicted octanol–water partition coefficient (Wildman–Crippen LogP) is 7.28. The van der Waals surface area contributed by atoms with Gasteiger partial charge in [-0.2, -0.15) is 0 Å². The van der Waals surface area contributed by atoms with Crippen molar-refractivity contribution in [3.8, 4) is 11.5 Å². The second-order valence-corrected chi connectivity index (χ2v) is 10.5. The summed E-state index contributed by atoms with van der Waals surface area (Å²) in [7, 11) is 0. The summed E-state index contributed by atoms with van der Waals surface area (Å²) in [4.78, 5) is 51.6. The first-order valence-electron chi connectivity index (χ1n) is 13.7.